The molecule has 2 N–H and O–H groups in total. The fourth-order valence-electron chi connectivity index (χ4n) is 1.87. The van der Waals surface area contributed by atoms with Crippen molar-refractivity contribution in [2.75, 3.05) is 7.11 Å². The van der Waals surface area contributed by atoms with E-state index in [4.69, 9.17) is 9.84 Å². The number of thiophene rings is 1. The summed E-state index contributed by atoms with van der Waals surface area (Å²) < 4.78 is 32.2. The number of methoxy groups -OCH3 is 1. The van der Waals surface area contributed by atoms with Crippen LogP contribution >= 0.6 is 11.3 Å². The average molecular weight is 327 g/mol. The Balaban J connectivity index is 2.11. The Morgan fingerprint density at radius 2 is 1.95 bits per heavy atom. The van der Waals surface area contributed by atoms with Crippen LogP contribution in [-0.4, -0.2) is 20.6 Å². The van der Waals surface area contributed by atoms with Crippen LogP contribution in [0.3, 0.4) is 0 Å². The van der Waals surface area contributed by atoms with E-state index in [0.717, 1.165) is 11.3 Å². The highest BCUT2D eigenvalue weighted by atomic mass is 32.2. The number of benzene rings is 1. The number of aliphatic hydroxyl groups excluding tert-OH is 1. The molecule has 0 aliphatic heterocycles. The molecule has 0 saturated carbocycles. The van der Waals surface area contributed by atoms with Crippen LogP contribution < -0.4 is 9.46 Å². The highest BCUT2D eigenvalue weighted by molar-refractivity contribution is 7.89. The van der Waals surface area contributed by atoms with Crippen molar-refractivity contribution in [3.8, 4) is 5.75 Å². The molecule has 0 saturated heterocycles. The molecule has 1 aromatic carbocycles. The topological polar surface area (TPSA) is 75.6 Å². The molecule has 0 radical (unpaired) electrons. The Bertz CT molecular complexity index is 705. The van der Waals surface area contributed by atoms with Gasteiger partial charge in [-0.15, -0.1) is 11.3 Å². The Morgan fingerprint density at radius 1 is 1.29 bits per heavy atom. The quantitative estimate of drug-likeness (QED) is 0.851. The smallest absolute Gasteiger partial charge is 0.241 e. The van der Waals surface area contributed by atoms with Gasteiger partial charge < -0.3 is 9.84 Å². The maximum absolute atomic E-state index is 12.3. The number of rotatable bonds is 6. The van der Waals surface area contributed by atoms with E-state index in [1.54, 1.807) is 38.3 Å². The lowest BCUT2D eigenvalue weighted by Gasteiger charge is -2.07. The van der Waals surface area contributed by atoms with Gasteiger partial charge in [-0.25, -0.2) is 13.1 Å². The fraction of sp³-hybridized carbons (Fsp3) is 0.286. The molecule has 0 aliphatic carbocycles. The molecule has 0 spiro atoms. The lowest BCUT2D eigenvalue weighted by atomic mass is 10.2. The zero-order valence-electron chi connectivity index (χ0n) is 11.8. The van der Waals surface area contributed by atoms with Crippen LogP contribution in [0.15, 0.2) is 35.2 Å². The molecule has 0 bridgehead atoms. The van der Waals surface area contributed by atoms with Gasteiger partial charge in [0.2, 0.25) is 10.0 Å². The first kappa shape index (κ1) is 16.0. The summed E-state index contributed by atoms with van der Waals surface area (Å²) in [6.45, 7) is 1.78. The first-order chi connectivity index (χ1) is 9.96. The molecule has 1 heterocycles. The molecule has 0 unspecified atom stereocenters. The standard InChI is InChI=1S/C14H17NO4S2/c1-10-14(7-13(9-16)20-10)21(17,18)15-8-11-3-5-12(19-2)6-4-11/h3-7,15-16H,8-9H2,1-2H3. The molecule has 0 aliphatic rings. The van der Waals surface area contributed by atoms with Crippen LogP contribution in [-0.2, 0) is 23.2 Å². The summed E-state index contributed by atoms with van der Waals surface area (Å²) in [6.07, 6.45) is 0. The number of aliphatic hydroxyl groups is 1. The third kappa shape index (κ3) is 3.82. The van der Waals surface area contributed by atoms with Gasteiger partial charge in [-0.1, -0.05) is 12.1 Å². The molecule has 1 aromatic heterocycles. The molecular weight excluding hydrogens is 310 g/mol. The summed E-state index contributed by atoms with van der Waals surface area (Å²) in [5, 5.41) is 9.08. The minimum atomic E-state index is -3.58. The van der Waals surface area contributed by atoms with E-state index in [1.807, 2.05) is 0 Å². The number of hydrogen-bond donors (Lipinski definition) is 2. The SMILES string of the molecule is COc1ccc(CNS(=O)(=O)c2cc(CO)sc2C)cc1. The Kier molecular flexibility index (Phi) is 5.00. The van der Waals surface area contributed by atoms with E-state index >= 15 is 0 Å². The Hall–Kier alpha value is -1.41. The summed E-state index contributed by atoms with van der Waals surface area (Å²) in [7, 11) is -2.00. The predicted octanol–water partition coefficient (Wildman–Crippen LogP) is 2.04. The third-order valence-corrected chi connectivity index (χ3v) is 5.69. The second-order valence-electron chi connectivity index (χ2n) is 4.46. The monoisotopic (exact) mass is 327 g/mol. The van der Waals surface area contributed by atoms with E-state index in [9.17, 15) is 8.42 Å². The zero-order chi connectivity index (χ0) is 15.5. The van der Waals surface area contributed by atoms with Gasteiger partial charge in [-0.2, -0.15) is 0 Å². The Labute approximate surface area is 128 Å². The number of sulfonamides is 1. The minimum Gasteiger partial charge on any atom is -0.497 e. The highest BCUT2D eigenvalue weighted by Gasteiger charge is 2.19. The van der Waals surface area contributed by atoms with E-state index in [1.165, 1.54) is 17.4 Å². The van der Waals surface area contributed by atoms with E-state index in [2.05, 4.69) is 4.72 Å². The number of ether oxygens (including phenoxy) is 1. The van der Waals surface area contributed by atoms with Gasteiger partial charge >= 0.3 is 0 Å². The first-order valence-electron chi connectivity index (χ1n) is 6.29. The number of nitrogens with one attached hydrogen (secondary N) is 1. The Morgan fingerprint density at radius 3 is 2.48 bits per heavy atom. The van der Waals surface area contributed by atoms with Crippen LogP contribution in [0.25, 0.3) is 0 Å². The zero-order valence-corrected chi connectivity index (χ0v) is 13.4. The van der Waals surface area contributed by atoms with Crippen molar-refractivity contribution in [2.24, 2.45) is 0 Å². The maximum Gasteiger partial charge on any atom is 0.241 e. The van der Waals surface area contributed by atoms with Crippen LogP contribution in [0.1, 0.15) is 15.3 Å². The number of hydrogen-bond acceptors (Lipinski definition) is 5. The van der Waals surface area contributed by atoms with E-state index in [0.29, 0.717) is 9.75 Å². The second-order valence-corrected chi connectivity index (χ2v) is 7.54. The summed E-state index contributed by atoms with van der Waals surface area (Å²) >= 11 is 1.28. The second kappa shape index (κ2) is 6.57. The molecule has 2 aromatic rings. The van der Waals surface area contributed by atoms with Crippen molar-refractivity contribution >= 4 is 21.4 Å². The van der Waals surface area contributed by atoms with Crippen molar-refractivity contribution in [3.05, 3.63) is 45.6 Å². The van der Waals surface area contributed by atoms with Gasteiger partial charge in [0, 0.05) is 16.3 Å². The molecule has 0 amide bonds. The molecule has 5 nitrogen and oxygen atoms in total. The first-order valence-corrected chi connectivity index (χ1v) is 8.59. The van der Waals surface area contributed by atoms with Crippen LogP contribution in [0.5, 0.6) is 5.75 Å². The summed E-state index contributed by atoms with van der Waals surface area (Å²) in [5.74, 6) is 0.725. The fourth-order valence-corrected chi connectivity index (χ4v) is 4.38. The maximum atomic E-state index is 12.3. The summed E-state index contributed by atoms with van der Waals surface area (Å²) in [6, 6.07) is 8.69. The van der Waals surface area contributed by atoms with E-state index in [-0.39, 0.29) is 18.0 Å². The van der Waals surface area contributed by atoms with Gasteiger partial charge in [0.05, 0.1) is 18.6 Å². The van der Waals surface area contributed by atoms with Crippen LogP contribution in [0.2, 0.25) is 0 Å². The van der Waals surface area contributed by atoms with Gasteiger partial charge in [-0.3, -0.25) is 0 Å². The molecule has 2 rings (SSSR count). The predicted molar refractivity (Wildman–Crippen MR) is 82.0 cm³/mol. The van der Waals surface area contributed by atoms with Crippen molar-refractivity contribution in [1.29, 1.82) is 0 Å². The largest absolute Gasteiger partial charge is 0.497 e. The number of aryl methyl sites for hydroxylation is 1. The van der Waals surface area contributed by atoms with Gasteiger partial charge in [0.1, 0.15) is 5.75 Å². The molecule has 7 heteroatoms. The normalized spacial score (nSPS) is 11.6. The molecule has 0 atom stereocenters. The van der Waals surface area contributed by atoms with Gasteiger partial charge in [-0.05, 0) is 30.7 Å². The highest BCUT2D eigenvalue weighted by Crippen LogP contribution is 2.25. The molecule has 0 fully saturated rings. The van der Waals surface area contributed by atoms with Gasteiger partial charge in [0.25, 0.3) is 0 Å². The third-order valence-electron chi connectivity index (χ3n) is 2.99. The average Bonchev–Trinajstić information content (AvgIpc) is 2.88. The minimum absolute atomic E-state index is 0.153. The molecule has 21 heavy (non-hydrogen) atoms. The summed E-state index contributed by atoms with van der Waals surface area (Å²) in [5.41, 5.74) is 0.842. The van der Waals surface area contributed by atoms with Crippen LogP contribution in [0.4, 0.5) is 0 Å². The van der Waals surface area contributed by atoms with Crippen molar-refractivity contribution < 1.29 is 18.3 Å². The van der Waals surface area contributed by atoms with Crippen molar-refractivity contribution in [1.82, 2.24) is 4.72 Å². The summed E-state index contributed by atoms with van der Waals surface area (Å²) in [4.78, 5) is 1.53. The van der Waals surface area contributed by atoms with Gasteiger partial charge in [0.15, 0.2) is 0 Å². The molecular formula is C14H17NO4S2. The lowest BCUT2D eigenvalue weighted by Crippen LogP contribution is -2.23. The van der Waals surface area contributed by atoms with Crippen LogP contribution in [0, 0.1) is 6.92 Å². The van der Waals surface area contributed by atoms with Crippen molar-refractivity contribution in [2.45, 2.75) is 25.0 Å². The van der Waals surface area contributed by atoms with Crippen molar-refractivity contribution in [3.63, 3.8) is 0 Å². The van der Waals surface area contributed by atoms with E-state index < -0.39 is 10.0 Å². The molecule has 114 valence electrons. The lowest BCUT2D eigenvalue weighted by molar-refractivity contribution is 0.285.